The van der Waals surface area contributed by atoms with Crippen molar-refractivity contribution in [2.45, 2.75) is 0 Å². The van der Waals surface area contributed by atoms with E-state index < -0.39 is 0 Å². The third-order valence-electron chi connectivity index (χ3n) is 5.22. The Morgan fingerprint density at radius 1 is 0.700 bits per heavy atom. The van der Waals surface area contributed by atoms with Crippen molar-refractivity contribution in [1.29, 1.82) is 0 Å². The summed E-state index contributed by atoms with van der Waals surface area (Å²) >= 11 is 0. The maximum atomic E-state index is 4.71. The third-order valence-corrected chi connectivity index (χ3v) is 5.22. The van der Waals surface area contributed by atoms with E-state index >= 15 is 0 Å². The highest BCUT2D eigenvalue weighted by Gasteiger charge is 2.27. The molecule has 0 saturated heterocycles. The number of rotatable bonds is 4. The van der Waals surface area contributed by atoms with Crippen molar-refractivity contribution in [3.8, 4) is 0 Å². The molecule has 0 aromatic heterocycles. The van der Waals surface area contributed by atoms with Gasteiger partial charge in [0, 0.05) is 29.6 Å². The zero-order chi connectivity index (χ0) is 20.2. The number of benzene rings is 4. The average molecular weight is 388 g/mol. The molecule has 1 heterocycles. The van der Waals surface area contributed by atoms with Crippen molar-refractivity contribution in [2.24, 2.45) is 4.99 Å². The smallest absolute Gasteiger partial charge is 0.228 e. The summed E-state index contributed by atoms with van der Waals surface area (Å²) in [6, 6.07) is 37.5. The van der Waals surface area contributed by atoms with Crippen molar-refractivity contribution in [1.82, 2.24) is 0 Å². The van der Waals surface area contributed by atoms with Crippen LogP contribution in [-0.4, -0.2) is 23.7 Å². The number of para-hydroxylation sites is 4. The van der Waals surface area contributed by atoms with E-state index in [1.807, 2.05) is 36.5 Å². The first-order chi connectivity index (χ1) is 14.9. The van der Waals surface area contributed by atoms with Crippen molar-refractivity contribution >= 4 is 35.2 Å². The van der Waals surface area contributed by atoms with Gasteiger partial charge < -0.3 is 0 Å². The minimum absolute atomic E-state index is 0.733. The molecule has 1 aliphatic heterocycles. The summed E-state index contributed by atoms with van der Waals surface area (Å²) in [6.07, 6.45) is 4.19. The highest BCUT2D eigenvalue weighted by molar-refractivity contribution is 5.99. The first-order valence-corrected chi connectivity index (χ1v) is 10.1. The zero-order valence-corrected chi connectivity index (χ0v) is 16.6. The molecule has 0 aliphatic carbocycles. The van der Waals surface area contributed by atoms with Crippen LogP contribution in [0.3, 0.4) is 0 Å². The Morgan fingerprint density at radius 3 is 2.10 bits per heavy atom. The van der Waals surface area contributed by atoms with E-state index in [0.29, 0.717) is 0 Å². The predicted octanol–water partition coefficient (Wildman–Crippen LogP) is 6.31. The molecule has 1 aliphatic rings. The van der Waals surface area contributed by atoms with Gasteiger partial charge in [-0.1, -0.05) is 66.7 Å². The molecule has 0 N–H and O–H groups in total. The van der Waals surface area contributed by atoms with Crippen LogP contribution >= 0.6 is 0 Å². The summed E-state index contributed by atoms with van der Waals surface area (Å²) in [6.45, 7) is 0.733. The van der Waals surface area contributed by atoms with Crippen LogP contribution in [0.5, 0.6) is 0 Å². The average Bonchev–Trinajstić information content (AvgIpc) is 2.83. The topological polar surface area (TPSA) is 18.6 Å². The SMILES string of the molecule is C(=Nc1ccccc1)c1cccc2c1N(c1ccccc1)C[N+](c1ccccc1)=C2. The molecular weight excluding hydrogens is 366 g/mol. The van der Waals surface area contributed by atoms with Gasteiger partial charge in [0.25, 0.3) is 0 Å². The van der Waals surface area contributed by atoms with Crippen LogP contribution in [0.1, 0.15) is 11.1 Å². The first kappa shape index (κ1) is 18.1. The summed E-state index contributed by atoms with van der Waals surface area (Å²) in [5.41, 5.74) is 6.73. The minimum Gasteiger partial charge on any atom is -0.284 e. The molecule has 4 aromatic carbocycles. The number of nitrogens with zero attached hydrogens (tertiary/aromatic N) is 3. The van der Waals surface area contributed by atoms with Crippen molar-refractivity contribution in [3.05, 3.63) is 120 Å². The van der Waals surface area contributed by atoms with E-state index in [4.69, 9.17) is 4.99 Å². The lowest BCUT2D eigenvalue weighted by Gasteiger charge is -2.28. The maximum absolute atomic E-state index is 4.71. The van der Waals surface area contributed by atoms with E-state index in [0.717, 1.165) is 23.6 Å². The van der Waals surface area contributed by atoms with Gasteiger partial charge in [0.05, 0.1) is 16.9 Å². The standard InChI is InChI=1S/C27H22N3/c1-4-13-24(14-5-1)28-19-22-11-10-12-23-20-29(25-15-6-2-7-16-25)21-30(27(22)23)26-17-8-3-9-18-26/h1-20H,21H2/q+1. The third kappa shape index (κ3) is 3.65. The van der Waals surface area contributed by atoms with E-state index in [1.165, 1.54) is 16.9 Å². The largest absolute Gasteiger partial charge is 0.284 e. The van der Waals surface area contributed by atoms with E-state index in [2.05, 4.69) is 94.6 Å². The fourth-order valence-corrected chi connectivity index (χ4v) is 3.78. The Kier molecular flexibility index (Phi) is 4.93. The molecular formula is C27H22N3+. The van der Waals surface area contributed by atoms with Gasteiger partial charge in [0.2, 0.25) is 12.4 Å². The summed E-state index contributed by atoms with van der Waals surface area (Å²) in [5, 5.41) is 0. The van der Waals surface area contributed by atoms with Crippen LogP contribution in [0.15, 0.2) is 114 Å². The number of hydrogen-bond donors (Lipinski definition) is 0. The number of hydrogen-bond acceptors (Lipinski definition) is 2. The fourth-order valence-electron chi connectivity index (χ4n) is 3.78. The van der Waals surface area contributed by atoms with Gasteiger partial charge in [-0.25, -0.2) is 0 Å². The molecule has 0 radical (unpaired) electrons. The maximum Gasteiger partial charge on any atom is 0.228 e. The lowest BCUT2D eigenvalue weighted by molar-refractivity contribution is -0.434. The van der Waals surface area contributed by atoms with Crippen molar-refractivity contribution in [2.75, 3.05) is 11.6 Å². The Balaban J connectivity index is 1.64. The molecule has 144 valence electrons. The molecule has 4 aromatic rings. The molecule has 0 amide bonds. The second-order valence-electron chi connectivity index (χ2n) is 7.22. The number of fused-ring (bicyclic) bond motifs is 1. The number of aliphatic imine (C=N–C) groups is 1. The molecule has 3 heteroatoms. The van der Waals surface area contributed by atoms with Gasteiger partial charge in [-0.2, -0.15) is 4.58 Å². The van der Waals surface area contributed by atoms with Gasteiger partial charge in [-0.05, 0) is 30.3 Å². The Bertz CT molecular complexity index is 1200. The van der Waals surface area contributed by atoms with Gasteiger partial charge in [0.1, 0.15) is 0 Å². The summed E-state index contributed by atoms with van der Waals surface area (Å²) in [7, 11) is 0. The van der Waals surface area contributed by atoms with Crippen LogP contribution in [0.4, 0.5) is 22.7 Å². The van der Waals surface area contributed by atoms with Crippen molar-refractivity contribution < 1.29 is 4.58 Å². The van der Waals surface area contributed by atoms with Gasteiger partial charge >= 0.3 is 0 Å². The van der Waals surface area contributed by atoms with E-state index in [-0.39, 0.29) is 0 Å². The van der Waals surface area contributed by atoms with Crippen LogP contribution in [0, 0.1) is 0 Å². The van der Waals surface area contributed by atoms with Gasteiger partial charge in [0.15, 0.2) is 6.21 Å². The highest BCUT2D eigenvalue weighted by atomic mass is 15.3. The second-order valence-corrected chi connectivity index (χ2v) is 7.22. The molecule has 3 nitrogen and oxygen atoms in total. The van der Waals surface area contributed by atoms with E-state index in [9.17, 15) is 0 Å². The van der Waals surface area contributed by atoms with Crippen LogP contribution in [-0.2, 0) is 0 Å². The van der Waals surface area contributed by atoms with Crippen LogP contribution in [0.2, 0.25) is 0 Å². The molecule has 30 heavy (non-hydrogen) atoms. The van der Waals surface area contributed by atoms with E-state index in [1.54, 1.807) is 0 Å². The summed E-state index contributed by atoms with van der Waals surface area (Å²) < 4.78 is 2.29. The molecule has 0 saturated carbocycles. The second kappa shape index (κ2) is 8.18. The fraction of sp³-hybridized carbons (Fsp3) is 0.0370. The van der Waals surface area contributed by atoms with Crippen LogP contribution in [0.25, 0.3) is 0 Å². The molecule has 0 bridgehead atoms. The van der Waals surface area contributed by atoms with Crippen LogP contribution < -0.4 is 4.90 Å². The lowest BCUT2D eigenvalue weighted by atomic mass is 10.0. The molecule has 0 unspecified atom stereocenters. The monoisotopic (exact) mass is 388 g/mol. The van der Waals surface area contributed by atoms with Gasteiger partial charge in [-0.15, -0.1) is 0 Å². The summed E-state index contributed by atoms with van der Waals surface area (Å²) in [5.74, 6) is 0. The Labute approximate surface area is 176 Å². The summed E-state index contributed by atoms with van der Waals surface area (Å²) in [4.78, 5) is 7.07. The van der Waals surface area contributed by atoms with Gasteiger partial charge in [-0.3, -0.25) is 9.89 Å². The normalized spacial score (nSPS) is 13.2. The minimum atomic E-state index is 0.733. The Hall–Kier alpha value is -3.98. The molecule has 0 fully saturated rings. The molecule has 0 spiro atoms. The number of anilines is 2. The quantitative estimate of drug-likeness (QED) is 0.296. The first-order valence-electron chi connectivity index (χ1n) is 10.1. The Morgan fingerprint density at radius 2 is 1.37 bits per heavy atom. The molecule has 5 rings (SSSR count). The molecule has 0 atom stereocenters. The predicted molar refractivity (Wildman–Crippen MR) is 125 cm³/mol. The zero-order valence-electron chi connectivity index (χ0n) is 16.6. The lowest BCUT2D eigenvalue weighted by Crippen LogP contribution is -2.32. The van der Waals surface area contributed by atoms with Crippen molar-refractivity contribution in [3.63, 3.8) is 0 Å². The highest BCUT2D eigenvalue weighted by Crippen LogP contribution is 2.34.